The average molecular weight is 511 g/mol. The van der Waals surface area contributed by atoms with Gasteiger partial charge in [0.2, 0.25) is 5.91 Å². The molecule has 1 aliphatic carbocycles. The second-order valence-electron chi connectivity index (χ2n) is 9.36. The number of ether oxygens (including phenoxy) is 3. The largest absolute Gasteiger partial charge is 0.586 e. The monoisotopic (exact) mass is 511 g/mol. The number of aromatic carboxylic acids is 1. The minimum atomic E-state index is -3.82. The SMILES string of the molecule is CC1(C(=O)Nc2cc(C3CC3)nn(-c3ccc(C(=O)O)cc3)c2=O)COc2cc3c(cc21)OC(F)(F)O3. The van der Waals surface area contributed by atoms with Crippen LogP contribution in [-0.2, 0) is 10.2 Å². The van der Waals surface area contributed by atoms with E-state index in [0.717, 1.165) is 17.5 Å². The van der Waals surface area contributed by atoms with Gasteiger partial charge in [0.1, 0.15) is 23.5 Å². The molecule has 1 amide bonds. The van der Waals surface area contributed by atoms with Crippen molar-refractivity contribution in [2.45, 2.75) is 37.4 Å². The molecule has 1 saturated carbocycles. The van der Waals surface area contributed by atoms with Crippen molar-refractivity contribution in [2.24, 2.45) is 0 Å². The third-order valence-electron chi connectivity index (χ3n) is 6.65. The first-order chi connectivity index (χ1) is 17.5. The van der Waals surface area contributed by atoms with Crippen LogP contribution in [0.25, 0.3) is 5.69 Å². The van der Waals surface area contributed by atoms with Crippen LogP contribution in [0.15, 0.2) is 47.3 Å². The van der Waals surface area contributed by atoms with Crippen molar-refractivity contribution in [1.82, 2.24) is 9.78 Å². The van der Waals surface area contributed by atoms with E-state index in [1.54, 1.807) is 6.92 Å². The summed E-state index contributed by atoms with van der Waals surface area (Å²) >= 11 is 0. The lowest BCUT2D eigenvalue weighted by Gasteiger charge is -2.22. The smallest absolute Gasteiger partial charge is 0.492 e. The highest BCUT2D eigenvalue weighted by molar-refractivity contribution is 6.00. The number of alkyl halides is 2. The molecule has 1 unspecified atom stereocenters. The average Bonchev–Trinajstić information content (AvgIpc) is 3.59. The molecule has 3 aromatic rings. The van der Waals surface area contributed by atoms with Crippen LogP contribution in [0.2, 0.25) is 0 Å². The number of benzene rings is 2. The number of nitrogens with zero attached hydrogens (tertiary/aromatic N) is 2. The van der Waals surface area contributed by atoms with E-state index >= 15 is 0 Å². The maximum atomic E-state index is 13.5. The highest BCUT2D eigenvalue weighted by atomic mass is 19.3. The molecule has 2 N–H and O–H groups in total. The fourth-order valence-electron chi connectivity index (χ4n) is 4.38. The van der Waals surface area contributed by atoms with Gasteiger partial charge < -0.3 is 24.6 Å². The molecule has 10 nitrogen and oxygen atoms in total. The fraction of sp³-hybridized carbons (Fsp3) is 0.280. The molecular weight excluding hydrogens is 492 g/mol. The van der Waals surface area contributed by atoms with Crippen LogP contribution in [0, 0.1) is 0 Å². The normalized spacial score (nSPS) is 20.7. The summed E-state index contributed by atoms with van der Waals surface area (Å²) in [6.45, 7) is 1.47. The molecule has 1 aromatic heterocycles. The van der Waals surface area contributed by atoms with Gasteiger partial charge in [0.05, 0.1) is 16.9 Å². The van der Waals surface area contributed by atoms with Gasteiger partial charge in [0, 0.05) is 17.5 Å². The summed E-state index contributed by atoms with van der Waals surface area (Å²) in [6.07, 6.45) is -2.05. The quantitative estimate of drug-likeness (QED) is 0.533. The van der Waals surface area contributed by atoms with E-state index in [0.29, 0.717) is 16.9 Å². The number of rotatable bonds is 5. The summed E-state index contributed by atoms with van der Waals surface area (Å²) in [4.78, 5) is 38.0. The number of anilines is 1. The molecule has 3 aliphatic rings. The van der Waals surface area contributed by atoms with Gasteiger partial charge in [-0.25, -0.2) is 4.79 Å². The van der Waals surface area contributed by atoms with E-state index in [-0.39, 0.29) is 41.0 Å². The number of halogens is 2. The van der Waals surface area contributed by atoms with Crippen molar-refractivity contribution < 1.29 is 37.7 Å². The summed E-state index contributed by atoms with van der Waals surface area (Å²) in [5.74, 6) is -1.79. The lowest BCUT2D eigenvalue weighted by atomic mass is 9.83. The predicted octanol–water partition coefficient (Wildman–Crippen LogP) is 3.42. The van der Waals surface area contributed by atoms with E-state index in [2.05, 4.69) is 19.9 Å². The molecule has 6 rings (SSSR count). The first kappa shape index (κ1) is 23.0. The molecule has 1 atom stereocenters. The van der Waals surface area contributed by atoms with E-state index in [9.17, 15) is 23.2 Å². The number of amides is 1. The third-order valence-corrected chi connectivity index (χ3v) is 6.65. The number of carboxylic acids is 1. The molecular formula is C25H19F2N3O7. The highest BCUT2D eigenvalue weighted by Gasteiger charge is 2.49. The van der Waals surface area contributed by atoms with Crippen molar-refractivity contribution >= 4 is 17.6 Å². The maximum absolute atomic E-state index is 13.5. The predicted molar refractivity (Wildman–Crippen MR) is 123 cm³/mol. The third kappa shape index (κ3) is 3.85. The van der Waals surface area contributed by atoms with Gasteiger partial charge in [-0.05, 0) is 56.2 Å². The molecule has 1 fully saturated rings. The Kier molecular flexibility index (Phi) is 4.81. The van der Waals surface area contributed by atoms with Gasteiger partial charge in [0.15, 0.2) is 11.5 Å². The number of carboxylic acid groups (broad SMARTS) is 1. The van der Waals surface area contributed by atoms with Crippen LogP contribution in [-0.4, -0.2) is 39.7 Å². The Balaban J connectivity index is 1.35. The molecule has 0 bridgehead atoms. The topological polar surface area (TPSA) is 129 Å². The van der Waals surface area contributed by atoms with Crippen molar-refractivity contribution in [1.29, 1.82) is 0 Å². The first-order valence-corrected chi connectivity index (χ1v) is 11.4. The van der Waals surface area contributed by atoms with Crippen molar-refractivity contribution in [3.8, 4) is 22.9 Å². The molecule has 2 aliphatic heterocycles. The van der Waals surface area contributed by atoms with Gasteiger partial charge >= 0.3 is 12.3 Å². The Hall–Kier alpha value is -4.48. The van der Waals surface area contributed by atoms with Crippen molar-refractivity contribution in [2.75, 3.05) is 11.9 Å². The van der Waals surface area contributed by atoms with Crippen LogP contribution in [0.1, 0.15) is 47.3 Å². The molecule has 0 saturated heterocycles. The Bertz CT molecular complexity index is 1530. The van der Waals surface area contributed by atoms with Gasteiger partial charge in [-0.3, -0.25) is 9.59 Å². The Morgan fingerprint density at radius 2 is 1.76 bits per heavy atom. The molecule has 0 radical (unpaired) electrons. The van der Waals surface area contributed by atoms with Crippen LogP contribution in [0.3, 0.4) is 0 Å². The number of aromatic nitrogens is 2. The minimum Gasteiger partial charge on any atom is -0.492 e. The highest BCUT2D eigenvalue weighted by Crippen LogP contribution is 2.50. The summed E-state index contributed by atoms with van der Waals surface area (Å²) in [7, 11) is 0. The zero-order valence-corrected chi connectivity index (χ0v) is 19.3. The lowest BCUT2D eigenvalue weighted by molar-refractivity contribution is -0.286. The molecule has 2 aromatic carbocycles. The number of hydrogen-bond donors (Lipinski definition) is 2. The minimum absolute atomic E-state index is 0.0221. The second-order valence-corrected chi connectivity index (χ2v) is 9.36. The van der Waals surface area contributed by atoms with E-state index in [1.807, 2.05) is 0 Å². The molecule has 12 heteroatoms. The Morgan fingerprint density at radius 3 is 2.41 bits per heavy atom. The summed E-state index contributed by atoms with van der Waals surface area (Å²) in [5, 5.41) is 16.3. The van der Waals surface area contributed by atoms with Crippen molar-refractivity contribution in [3.05, 3.63) is 69.6 Å². The molecule has 190 valence electrons. The molecule has 0 spiro atoms. The van der Waals surface area contributed by atoms with E-state index < -0.39 is 29.1 Å². The summed E-state index contributed by atoms with van der Waals surface area (Å²) in [6, 6.07) is 9.69. The number of hydrogen-bond acceptors (Lipinski definition) is 7. The Labute approximate surface area is 207 Å². The van der Waals surface area contributed by atoms with Gasteiger partial charge in [0.25, 0.3) is 5.56 Å². The van der Waals surface area contributed by atoms with Crippen LogP contribution >= 0.6 is 0 Å². The summed E-state index contributed by atoms with van der Waals surface area (Å²) < 4.78 is 42.7. The molecule has 37 heavy (non-hydrogen) atoms. The van der Waals surface area contributed by atoms with Gasteiger partial charge in [-0.1, -0.05) is 0 Å². The first-order valence-electron chi connectivity index (χ1n) is 11.4. The zero-order valence-electron chi connectivity index (χ0n) is 19.3. The van der Waals surface area contributed by atoms with Gasteiger partial charge in [-0.2, -0.15) is 9.78 Å². The number of fused-ring (bicyclic) bond motifs is 2. The lowest BCUT2D eigenvalue weighted by Crippen LogP contribution is -2.41. The number of carbonyl (C=O) groups excluding carboxylic acids is 1. The van der Waals surface area contributed by atoms with Crippen LogP contribution in [0.5, 0.6) is 17.2 Å². The van der Waals surface area contributed by atoms with Gasteiger partial charge in [-0.15, -0.1) is 8.78 Å². The number of nitrogens with one attached hydrogen (secondary N) is 1. The number of carbonyl (C=O) groups is 2. The zero-order chi connectivity index (χ0) is 26.1. The van der Waals surface area contributed by atoms with Crippen LogP contribution < -0.4 is 25.1 Å². The van der Waals surface area contributed by atoms with Crippen LogP contribution in [0.4, 0.5) is 14.5 Å². The summed E-state index contributed by atoms with van der Waals surface area (Å²) in [5.41, 5.74) is -0.658. The standard InChI is InChI=1S/C25H19F2N3O7/c1-24(11-35-18-10-20-19(8-15(18)24)36-25(26,27)37-20)23(34)28-17-9-16(12-2-3-12)29-30(21(17)31)14-6-4-13(5-7-14)22(32)33/h4-10,12H,2-3,11H2,1H3,(H,28,34)(H,32,33). The van der Waals surface area contributed by atoms with E-state index in [4.69, 9.17) is 9.84 Å². The molecule has 3 heterocycles. The van der Waals surface area contributed by atoms with E-state index in [1.165, 1.54) is 42.5 Å². The Morgan fingerprint density at radius 1 is 1.08 bits per heavy atom. The second kappa shape index (κ2) is 7.76. The fourth-order valence-corrected chi connectivity index (χ4v) is 4.38. The van der Waals surface area contributed by atoms with Crippen molar-refractivity contribution in [3.63, 3.8) is 0 Å². The maximum Gasteiger partial charge on any atom is 0.586 e.